The highest BCUT2D eigenvalue weighted by Gasteiger charge is 2.43. The third-order valence-corrected chi connectivity index (χ3v) is 7.90. The Kier molecular flexibility index (Phi) is 8.12. The van der Waals surface area contributed by atoms with Crippen molar-refractivity contribution in [2.24, 2.45) is 11.8 Å². The van der Waals surface area contributed by atoms with Crippen LogP contribution in [0.25, 0.3) is 22.0 Å². The lowest BCUT2D eigenvalue weighted by Crippen LogP contribution is -2.53. The molecule has 2 aliphatic rings. The molecule has 1 aromatic heterocycles. The lowest BCUT2D eigenvalue weighted by molar-refractivity contribution is -0.152. The van der Waals surface area contributed by atoms with Gasteiger partial charge in [-0.15, -0.1) is 0 Å². The third kappa shape index (κ3) is 5.04. The van der Waals surface area contributed by atoms with Gasteiger partial charge in [0, 0.05) is 36.1 Å². The van der Waals surface area contributed by atoms with E-state index >= 15 is 0 Å². The van der Waals surface area contributed by atoms with Crippen LogP contribution in [0.3, 0.4) is 0 Å². The Labute approximate surface area is 212 Å². The van der Waals surface area contributed by atoms with Crippen LogP contribution in [0.5, 0.6) is 0 Å². The Morgan fingerprint density at radius 3 is 2.56 bits per heavy atom. The molecule has 4 atom stereocenters. The van der Waals surface area contributed by atoms with E-state index in [1.165, 1.54) is 12.1 Å². The number of fused-ring (bicyclic) bond motifs is 2. The van der Waals surface area contributed by atoms with E-state index in [1.54, 1.807) is 12.1 Å². The van der Waals surface area contributed by atoms with Gasteiger partial charge in [0.2, 0.25) is 5.91 Å². The van der Waals surface area contributed by atoms with Crippen LogP contribution in [0.1, 0.15) is 70.8 Å². The molecule has 5 rings (SSSR count). The molecule has 1 amide bonds. The number of aromatic nitrogens is 1. The van der Waals surface area contributed by atoms with Crippen LogP contribution in [0.15, 0.2) is 48.7 Å². The van der Waals surface area contributed by atoms with Gasteiger partial charge in [0.05, 0.1) is 5.92 Å². The van der Waals surface area contributed by atoms with Gasteiger partial charge in [-0.1, -0.05) is 51.5 Å². The van der Waals surface area contributed by atoms with Crippen molar-refractivity contribution in [2.75, 3.05) is 6.54 Å². The molecule has 1 aliphatic carbocycles. The zero-order valence-corrected chi connectivity index (χ0v) is 21.5. The van der Waals surface area contributed by atoms with Crippen molar-refractivity contribution in [1.29, 1.82) is 0 Å². The summed E-state index contributed by atoms with van der Waals surface area (Å²) < 4.78 is 13.5. The number of nitrogens with one attached hydrogen (secondary N) is 1. The molecule has 5 nitrogen and oxygen atoms in total. The van der Waals surface area contributed by atoms with Crippen LogP contribution in [-0.4, -0.2) is 39.5 Å². The first-order chi connectivity index (χ1) is 17.4. The van der Waals surface area contributed by atoms with Crippen molar-refractivity contribution in [3.05, 3.63) is 60.0 Å². The maximum absolute atomic E-state index is 13.5. The number of carboxylic acids is 1. The van der Waals surface area contributed by atoms with Crippen LogP contribution >= 0.6 is 0 Å². The number of benzene rings is 2. The van der Waals surface area contributed by atoms with E-state index in [1.807, 2.05) is 43.1 Å². The average Bonchev–Trinajstić information content (AvgIpc) is 3.34. The summed E-state index contributed by atoms with van der Waals surface area (Å²) in [6, 6.07) is 12.6. The summed E-state index contributed by atoms with van der Waals surface area (Å²) in [6.45, 7) is 6.79. The predicted molar refractivity (Wildman–Crippen MR) is 141 cm³/mol. The normalized spacial score (nSPS) is 22.3. The summed E-state index contributed by atoms with van der Waals surface area (Å²) in [5.41, 5.74) is 4.02. The van der Waals surface area contributed by atoms with E-state index < -0.39 is 5.97 Å². The SMILES string of the molecule is CC.CC(CC(=O)N1CCCC2C(C(=O)O)CCCC21)c1c[nH]c2cccc(-c3ccc(F)cc3)c12. The maximum Gasteiger partial charge on any atom is 0.306 e. The number of carbonyl (C=O) groups is 2. The van der Waals surface area contributed by atoms with Gasteiger partial charge in [0.15, 0.2) is 0 Å². The van der Waals surface area contributed by atoms with Crippen LogP contribution in [0, 0.1) is 17.7 Å². The molecule has 2 aromatic carbocycles. The van der Waals surface area contributed by atoms with Crippen LogP contribution in [0.2, 0.25) is 0 Å². The van der Waals surface area contributed by atoms with Crippen LogP contribution in [0.4, 0.5) is 4.39 Å². The molecule has 3 aromatic rings. The number of carboxylic acid groups (broad SMARTS) is 1. The zero-order chi connectivity index (χ0) is 25.8. The van der Waals surface area contributed by atoms with Gasteiger partial charge >= 0.3 is 5.97 Å². The topological polar surface area (TPSA) is 73.4 Å². The quantitative estimate of drug-likeness (QED) is 0.403. The molecule has 0 spiro atoms. The molecule has 192 valence electrons. The molecular weight excluding hydrogens is 455 g/mol. The fourth-order valence-corrected chi connectivity index (χ4v) is 6.26. The molecule has 4 unspecified atom stereocenters. The van der Waals surface area contributed by atoms with Crippen molar-refractivity contribution in [2.45, 2.75) is 71.3 Å². The molecule has 36 heavy (non-hydrogen) atoms. The number of amides is 1. The first-order valence-corrected chi connectivity index (χ1v) is 13.3. The molecule has 6 heteroatoms. The average molecular weight is 493 g/mol. The number of carbonyl (C=O) groups excluding carboxylic acids is 1. The summed E-state index contributed by atoms with van der Waals surface area (Å²) in [5.74, 6) is -1.15. The smallest absolute Gasteiger partial charge is 0.306 e. The molecule has 2 fully saturated rings. The lowest BCUT2D eigenvalue weighted by atomic mass is 9.71. The van der Waals surface area contributed by atoms with Gasteiger partial charge < -0.3 is 15.0 Å². The zero-order valence-electron chi connectivity index (χ0n) is 21.5. The molecule has 1 saturated heterocycles. The number of hydrogen-bond acceptors (Lipinski definition) is 2. The summed E-state index contributed by atoms with van der Waals surface area (Å²) in [6.07, 6.45) is 6.60. The minimum absolute atomic E-state index is 0.0120. The molecule has 2 heterocycles. The van der Waals surface area contributed by atoms with E-state index in [4.69, 9.17) is 0 Å². The predicted octanol–water partition coefficient (Wildman–Crippen LogP) is 6.99. The third-order valence-electron chi connectivity index (χ3n) is 7.90. The summed E-state index contributed by atoms with van der Waals surface area (Å²) in [7, 11) is 0. The summed E-state index contributed by atoms with van der Waals surface area (Å²) in [5, 5.41) is 10.7. The van der Waals surface area contributed by atoms with E-state index in [-0.39, 0.29) is 35.5 Å². The Bertz CT molecular complexity index is 1200. The highest BCUT2D eigenvalue weighted by Crippen LogP contribution is 2.41. The Hall–Kier alpha value is -3.15. The highest BCUT2D eigenvalue weighted by atomic mass is 19.1. The van der Waals surface area contributed by atoms with E-state index in [0.29, 0.717) is 13.0 Å². The second-order valence-corrected chi connectivity index (χ2v) is 9.92. The second kappa shape index (κ2) is 11.3. The van der Waals surface area contributed by atoms with Crippen molar-refractivity contribution in [1.82, 2.24) is 9.88 Å². The fraction of sp³-hybridized carbons (Fsp3) is 0.467. The van der Waals surface area contributed by atoms with Crippen LogP contribution in [-0.2, 0) is 9.59 Å². The first-order valence-electron chi connectivity index (χ1n) is 13.3. The highest BCUT2D eigenvalue weighted by molar-refractivity contribution is 5.98. The molecular formula is C30H37FN2O3. The van der Waals surface area contributed by atoms with E-state index in [0.717, 1.165) is 59.7 Å². The number of hydrogen-bond donors (Lipinski definition) is 2. The van der Waals surface area contributed by atoms with Crippen molar-refractivity contribution in [3.8, 4) is 11.1 Å². The number of likely N-dealkylation sites (tertiary alicyclic amines) is 1. The Morgan fingerprint density at radius 2 is 1.83 bits per heavy atom. The minimum atomic E-state index is -0.718. The molecule has 0 bridgehead atoms. The van der Waals surface area contributed by atoms with Gasteiger partial charge in [-0.2, -0.15) is 0 Å². The molecule has 0 radical (unpaired) electrons. The second-order valence-electron chi connectivity index (χ2n) is 9.92. The molecule has 1 aliphatic heterocycles. The fourth-order valence-electron chi connectivity index (χ4n) is 6.26. The summed E-state index contributed by atoms with van der Waals surface area (Å²) >= 11 is 0. The first kappa shape index (κ1) is 25.9. The number of aromatic amines is 1. The van der Waals surface area contributed by atoms with Gasteiger partial charge in [0.25, 0.3) is 0 Å². The molecule has 1 saturated carbocycles. The van der Waals surface area contributed by atoms with Gasteiger partial charge in [0.1, 0.15) is 5.82 Å². The van der Waals surface area contributed by atoms with Gasteiger partial charge in [-0.05, 0) is 72.4 Å². The maximum atomic E-state index is 13.5. The summed E-state index contributed by atoms with van der Waals surface area (Å²) in [4.78, 5) is 30.6. The standard InChI is InChI=1S/C28H31FN2O3.C2H6/c1-17(15-26(32)31-14-4-7-21-22(28(33)34)6-3-9-25(21)31)23-16-30-24-8-2-5-20(27(23)24)18-10-12-19(29)13-11-18;1-2/h2,5,8,10-13,16-17,21-22,25,30H,3-4,6-7,9,14-15H2,1H3,(H,33,34);1-2H3. The van der Waals surface area contributed by atoms with E-state index in [2.05, 4.69) is 11.9 Å². The monoisotopic (exact) mass is 492 g/mol. The Morgan fingerprint density at radius 1 is 1.08 bits per heavy atom. The number of halogens is 1. The number of piperidine rings is 1. The van der Waals surface area contributed by atoms with Crippen molar-refractivity contribution >= 4 is 22.8 Å². The number of nitrogens with zero attached hydrogens (tertiary/aromatic N) is 1. The van der Waals surface area contributed by atoms with E-state index in [9.17, 15) is 19.1 Å². The lowest BCUT2D eigenvalue weighted by Gasteiger charge is -2.46. The number of aliphatic carboxylic acids is 1. The van der Waals surface area contributed by atoms with Crippen molar-refractivity contribution in [3.63, 3.8) is 0 Å². The van der Waals surface area contributed by atoms with Crippen molar-refractivity contribution < 1.29 is 19.1 Å². The Balaban J connectivity index is 0.00000148. The number of H-pyrrole nitrogens is 1. The van der Waals surface area contributed by atoms with Crippen LogP contribution < -0.4 is 0 Å². The largest absolute Gasteiger partial charge is 0.481 e. The molecule has 2 N–H and O–H groups in total. The van der Waals surface area contributed by atoms with Gasteiger partial charge in [-0.3, -0.25) is 9.59 Å². The number of rotatable bonds is 5. The minimum Gasteiger partial charge on any atom is -0.481 e. The van der Waals surface area contributed by atoms with Gasteiger partial charge in [-0.25, -0.2) is 4.39 Å².